The van der Waals surface area contributed by atoms with Gasteiger partial charge in [0.1, 0.15) is 22.8 Å². The first kappa shape index (κ1) is 18.6. The monoisotopic (exact) mass is 391 g/mol. The zero-order chi connectivity index (χ0) is 20.4. The topological polar surface area (TPSA) is 50.5 Å². The van der Waals surface area contributed by atoms with Gasteiger partial charge in [-0.1, -0.05) is 30.3 Å². The molecule has 0 saturated carbocycles. The van der Waals surface area contributed by atoms with Crippen LogP contribution in [0.1, 0.15) is 15.9 Å². The Morgan fingerprint density at radius 1 is 0.862 bits per heavy atom. The number of para-hydroxylation sites is 1. The van der Waals surface area contributed by atoms with Gasteiger partial charge in [-0.3, -0.25) is 4.79 Å². The second-order valence-corrected chi connectivity index (χ2v) is 6.48. The Hall–Kier alpha value is -3.80. The molecule has 1 amide bonds. The van der Waals surface area contributed by atoms with Crippen LogP contribution in [0, 0.1) is 11.6 Å². The lowest BCUT2D eigenvalue weighted by atomic mass is 10.1. The van der Waals surface area contributed by atoms with Gasteiger partial charge in [-0.2, -0.15) is 0 Å². The summed E-state index contributed by atoms with van der Waals surface area (Å²) in [4.78, 5) is 27.0. The first-order valence-electron chi connectivity index (χ1n) is 8.86. The van der Waals surface area contributed by atoms with Crippen LogP contribution in [-0.2, 0) is 6.54 Å². The lowest BCUT2D eigenvalue weighted by molar-refractivity contribution is 0.0981. The van der Waals surface area contributed by atoms with E-state index in [0.717, 1.165) is 0 Å². The van der Waals surface area contributed by atoms with Gasteiger partial charge in [0.2, 0.25) is 0 Å². The minimum absolute atomic E-state index is 0.0665. The molecule has 144 valence electrons. The highest BCUT2D eigenvalue weighted by molar-refractivity contribution is 6.07. The lowest BCUT2D eigenvalue weighted by Crippen LogP contribution is -2.33. The fourth-order valence-electron chi connectivity index (χ4n) is 3.03. The van der Waals surface area contributed by atoms with Crippen LogP contribution in [0.5, 0.6) is 0 Å². The van der Waals surface area contributed by atoms with Gasteiger partial charge in [0, 0.05) is 11.1 Å². The molecule has 0 N–H and O–H groups in total. The molecule has 0 spiro atoms. The molecule has 0 bridgehead atoms. The van der Waals surface area contributed by atoms with Gasteiger partial charge in [0.25, 0.3) is 5.91 Å². The number of benzene rings is 3. The van der Waals surface area contributed by atoms with E-state index in [1.807, 2.05) is 0 Å². The zero-order valence-electron chi connectivity index (χ0n) is 15.1. The van der Waals surface area contributed by atoms with Gasteiger partial charge >= 0.3 is 5.63 Å². The van der Waals surface area contributed by atoms with E-state index < -0.39 is 23.2 Å². The zero-order valence-corrected chi connectivity index (χ0v) is 15.1. The fraction of sp³-hybridized carbons (Fsp3) is 0.0435. The molecule has 3 aromatic carbocycles. The predicted molar refractivity (Wildman–Crippen MR) is 106 cm³/mol. The van der Waals surface area contributed by atoms with Crippen LogP contribution in [0.4, 0.5) is 14.5 Å². The van der Waals surface area contributed by atoms with Crippen LogP contribution in [0.3, 0.4) is 0 Å². The summed E-state index contributed by atoms with van der Waals surface area (Å²) in [5, 5.41) is 0.608. The summed E-state index contributed by atoms with van der Waals surface area (Å²) in [7, 11) is 0. The average Bonchev–Trinajstić information content (AvgIpc) is 2.73. The van der Waals surface area contributed by atoms with Gasteiger partial charge in [0.05, 0.1) is 6.54 Å². The quantitative estimate of drug-likeness (QED) is 0.464. The molecule has 4 nitrogen and oxygen atoms in total. The van der Waals surface area contributed by atoms with Crippen molar-refractivity contribution < 1.29 is 18.0 Å². The fourth-order valence-corrected chi connectivity index (χ4v) is 3.03. The van der Waals surface area contributed by atoms with Crippen molar-refractivity contribution in [1.82, 2.24) is 0 Å². The summed E-state index contributed by atoms with van der Waals surface area (Å²) in [6.07, 6.45) is 0. The number of hydrogen-bond donors (Lipinski definition) is 0. The van der Waals surface area contributed by atoms with Crippen LogP contribution in [0.2, 0.25) is 0 Å². The molecule has 0 aliphatic carbocycles. The highest BCUT2D eigenvalue weighted by atomic mass is 19.1. The van der Waals surface area contributed by atoms with Gasteiger partial charge in [-0.15, -0.1) is 0 Å². The molecule has 0 unspecified atom stereocenters. The second-order valence-electron chi connectivity index (χ2n) is 6.48. The van der Waals surface area contributed by atoms with Crippen LogP contribution in [0.25, 0.3) is 11.0 Å². The van der Waals surface area contributed by atoms with E-state index in [0.29, 0.717) is 22.2 Å². The van der Waals surface area contributed by atoms with E-state index in [9.17, 15) is 18.4 Å². The Morgan fingerprint density at radius 3 is 2.17 bits per heavy atom. The summed E-state index contributed by atoms with van der Waals surface area (Å²) in [6, 6.07) is 19.3. The summed E-state index contributed by atoms with van der Waals surface area (Å²) >= 11 is 0. The molecule has 0 fully saturated rings. The van der Waals surface area contributed by atoms with Crippen LogP contribution >= 0.6 is 0 Å². The number of nitrogens with zero attached hydrogens (tertiary/aromatic N) is 1. The van der Waals surface area contributed by atoms with Crippen molar-refractivity contribution in [2.75, 3.05) is 4.90 Å². The number of amides is 1. The van der Waals surface area contributed by atoms with Crippen LogP contribution in [0.15, 0.2) is 88.1 Å². The molecule has 0 aliphatic rings. The predicted octanol–water partition coefficient (Wildman–Crippen LogP) is 4.92. The van der Waals surface area contributed by atoms with Crippen molar-refractivity contribution in [2.45, 2.75) is 6.54 Å². The number of anilines is 1. The Balaban J connectivity index is 1.78. The van der Waals surface area contributed by atoms with Gasteiger partial charge in [-0.25, -0.2) is 13.6 Å². The highest BCUT2D eigenvalue weighted by Crippen LogP contribution is 2.22. The molecular weight excluding hydrogens is 376 g/mol. The molecule has 4 aromatic rings. The van der Waals surface area contributed by atoms with Crippen LogP contribution in [-0.4, -0.2) is 5.91 Å². The maximum Gasteiger partial charge on any atom is 0.349 e. The minimum atomic E-state index is -0.764. The molecule has 1 heterocycles. The first-order valence-corrected chi connectivity index (χ1v) is 8.86. The van der Waals surface area contributed by atoms with E-state index >= 15 is 0 Å². The number of fused-ring (bicyclic) bond motifs is 1. The minimum Gasteiger partial charge on any atom is -0.422 e. The molecular formula is C23H15F2NO3. The average molecular weight is 391 g/mol. The van der Waals surface area contributed by atoms with Gasteiger partial charge in [-0.05, 0) is 54.1 Å². The van der Waals surface area contributed by atoms with E-state index in [4.69, 9.17) is 4.42 Å². The lowest BCUT2D eigenvalue weighted by Gasteiger charge is -2.23. The van der Waals surface area contributed by atoms with Crippen molar-refractivity contribution in [3.63, 3.8) is 0 Å². The molecule has 6 heteroatoms. The molecule has 0 atom stereocenters. The van der Waals surface area contributed by atoms with Crippen molar-refractivity contribution in [1.29, 1.82) is 0 Å². The molecule has 0 aliphatic heterocycles. The summed E-state index contributed by atoms with van der Waals surface area (Å²) in [6.45, 7) is 0.0665. The molecule has 4 rings (SSSR count). The van der Waals surface area contributed by atoms with E-state index in [1.165, 1.54) is 47.4 Å². The summed E-state index contributed by atoms with van der Waals surface area (Å²) < 4.78 is 31.9. The Kier molecular flexibility index (Phi) is 4.91. The number of hydrogen-bond acceptors (Lipinski definition) is 3. The maximum atomic E-state index is 13.4. The van der Waals surface area contributed by atoms with Crippen molar-refractivity contribution in [3.05, 3.63) is 112 Å². The number of halogens is 2. The standard InChI is InChI=1S/C23H15F2NO3/c24-17-7-5-15(6-8-17)14-26(19-11-9-18(25)10-12-19)22(27)20-13-16-3-1-2-4-21(16)29-23(20)28/h1-13H,14H2. The van der Waals surface area contributed by atoms with Gasteiger partial charge in [0.15, 0.2) is 0 Å². The summed E-state index contributed by atoms with van der Waals surface area (Å²) in [5.41, 5.74) is 0.513. The third-order valence-corrected chi connectivity index (χ3v) is 4.51. The van der Waals surface area contributed by atoms with Crippen molar-refractivity contribution in [2.24, 2.45) is 0 Å². The Bertz CT molecular complexity index is 1230. The number of carbonyl (C=O) groups excluding carboxylic acids is 1. The van der Waals surface area contributed by atoms with Gasteiger partial charge < -0.3 is 9.32 Å². The largest absolute Gasteiger partial charge is 0.422 e. The molecule has 29 heavy (non-hydrogen) atoms. The highest BCUT2D eigenvalue weighted by Gasteiger charge is 2.22. The maximum absolute atomic E-state index is 13.4. The Labute approximate surface area is 164 Å². The second kappa shape index (κ2) is 7.67. The third kappa shape index (κ3) is 3.91. The normalized spacial score (nSPS) is 10.8. The molecule has 0 radical (unpaired) electrons. The SMILES string of the molecule is O=C(c1cc2ccccc2oc1=O)N(Cc1ccc(F)cc1)c1ccc(F)cc1. The number of rotatable bonds is 4. The van der Waals surface area contributed by atoms with E-state index in [2.05, 4.69) is 0 Å². The van der Waals surface area contributed by atoms with Crippen molar-refractivity contribution >= 4 is 22.6 Å². The third-order valence-electron chi connectivity index (χ3n) is 4.51. The first-order chi connectivity index (χ1) is 14.0. The Morgan fingerprint density at radius 2 is 1.48 bits per heavy atom. The smallest absolute Gasteiger partial charge is 0.349 e. The number of carbonyl (C=O) groups is 1. The molecule has 1 aromatic heterocycles. The van der Waals surface area contributed by atoms with Crippen molar-refractivity contribution in [3.8, 4) is 0 Å². The van der Waals surface area contributed by atoms with E-state index in [-0.39, 0.29) is 12.1 Å². The van der Waals surface area contributed by atoms with Crippen LogP contribution < -0.4 is 10.5 Å². The summed E-state index contributed by atoms with van der Waals surface area (Å²) in [5.74, 6) is -1.45. The van der Waals surface area contributed by atoms with E-state index in [1.54, 1.807) is 36.4 Å². The molecule has 0 saturated heterocycles.